The zero-order valence-electron chi connectivity index (χ0n) is 12.0. The van der Waals surface area contributed by atoms with Crippen LogP contribution in [0.15, 0.2) is 17.2 Å². The minimum absolute atomic E-state index is 0.461. The second kappa shape index (κ2) is 8.21. The van der Waals surface area contributed by atoms with E-state index in [-0.39, 0.29) is 0 Å². The fraction of sp³-hybridized carbons (Fsp3) is 0.385. The number of rotatable bonds is 6. The van der Waals surface area contributed by atoms with Gasteiger partial charge in [0.25, 0.3) is 0 Å². The van der Waals surface area contributed by atoms with Gasteiger partial charge in [-0.15, -0.1) is 0 Å². The molecule has 0 aromatic heterocycles. The standard InChI is InChI=1S/C13H19N3O3S/c1-5-14-13(20)16-15-8-9-6-11(18-3)12(19-4)7-10(9)17-2/h6-8H,5H2,1-4H3,(H2,14,16,20)/b15-8+. The van der Waals surface area contributed by atoms with Crippen molar-refractivity contribution in [1.29, 1.82) is 0 Å². The van der Waals surface area contributed by atoms with E-state index in [2.05, 4.69) is 15.8 Å². The summed E-state index contributed by atoms with van der Waals surface area (Å²) < 4.78 is 15.7. The molecule has 110 valence electrons. The van der Waals surface area contributed by atoms with Crippen LogP contribution in [0.1, 0.15) is 12.5 Å². The molecule has 1 aromatic carbocycles. The summed E-state index contributed by atoms with van der Waals surface area (Å²) in [5.74, 6) is 1.82. The Balaban J connectivity index is 2.93. The Labute approximate surface area is 124 Å². The van der Waals surface area contributed by atoms with Crippen molar-refractivity contribution in [3.05, 3.63) is 17.7 Å². The first kappa shape index (κ1) is 16.0. The molecule has 0 fully saturated rings. The highest BCUT2D eigenvalue weighted by Gasteiger charge is 2.10. The second-order valence-corrected chi connectivity index (χ2v) is 4.09. The largest absolute Gasteiger partial charge is 0.496 e. The number of methoxy groups -OCH3 is 3. The average Bonchev–Trinajstić information content (AvgIpc) is 2.46. The molecule has 0 aliphatic rings. The van der Waals surface area contributed by atoms with Gasteiger partial charge >= 0.3 is 0 Å². The van der Waals surface area contributed by atoms with E-state index in [0.29, 0.717) is 22.4 Å². The summed E-state index contributed by atoms with van der Waals surface area (Å²) in [5, 5.41) is 7.44. The Kier molecular flexibility index (Phi) is 6.58. The van der Waals surface area contributed by atoms with Gasteiger partial charge in [-0.1, -0.05) is 0 Å². The minimum atomic E-state index is 0.461. The van der Waals surface area contributed by atoms with Crippen molar-refractivity contribution in [2.24, 2.45) is 5.10 Å². The molecule has 0 unspecified atom stereocenters. The molecular weight excluding hydrogens is 278 g/mol. The topological polar surface area (TPSA) is 64.1 Å². The van der Waals surface area contributed by atoms with Gasteiger partial charge in [0.05, 0.1) is 27.5 Å². The smallest absolute Gasteiger partial charge is 0.186 e. The van der Waals surface area contributed by atoms with Crippen LogP contribution in [0.2, 0.25) is 0 Å². The number of hydrogen-bond acceptors (Lipinski definition) is 5. The quantitative estimate of drug-likeness (QED) is 0.472. The molecule has 0 amide bonds. The van der Waals surface area contributed by atoms with E-state index in [1.165, 1.54) is 0 Å². The fourth-order valence-electron chi connectivity index (χ4n) is 1.51. The highest BCUT2D eigenvalue weighted by atomic mass is 32.1. The molecule has 0 heterocycles. The third-order valence-electron chi connectivity index (χ3n) is 2.44. The van der Waals surface area contributed by atoms with Crippen LogP contribution in [0.4, 0.5) is 0 Å². The predicted molar refractivity (Wildman–Crippen MR) is 83.1 cm³/mol. The highest BCUT2D eigenvalue weighted by molar-refractivity contribution is 7.80. The lowest BCUT2D eigenvalue weighted by molar-refractivity contribution is 0.349. The molecule has 0 spiro atoms. The van der Waals surface area contributed by atoms with E-state index in [0.717, 1.165) is 12.1 Å². The molecule has 0 aliphatic heterocycles. The minimum Gasteiger partial charge on any atom is -0.496 e. The van der Waals surface area contributed by atoms with Gasteiger partial charge in [-0.2, -0.15) is 5.10 Å². The molecule has 7 heteroatoms. The Morgan fingerprint density at radius 1 is 1.15 bits per heavy atom. The van der Waals surface area contributed by atoms with E-state index in [4.69, 9.17) is 26.4 Å². The Bertz CT molecular complexity index is 492. The van der Waals surface area contributed by atoms with E-state index in [9.17, 15) is 0 Å². The van der Waals surface area contributed by atoms with E-state index < -0.39 is 0 Å². The molecule has 20 heavy (non-hydrogen) atoms. The first-order chi connectivity index (χ1) is 9.65. The van der Waals surface area contributed by atoms with Gasteiger partial charge in [0.1, 0.15) is 5.75 Å². The van der Waals surface area contributed by atoms with Crippen LogP contribution in [0.25, 0.3) is 0 Å². The van der Waals surface area contributed by atoms with Crippen molar-refractivity contribution < 1.29 is 14.2 Å². The Morgan fingerprint density at radius 2 is 1.75 bits per heavy atom. The summed E-state index contributed by atoms with van der Waals surface area (Å²) >= 11 is 5.01. The Hall–Kier alpha value is -2.02. The number of nitrogens with one attached hydrogen (secondary N) is 2. The van der Waals surface area contributed by atoms with Gasteiger partial charge in [-0.05, 0) is 25.2 Å². The van der Waals surface area contributed by atoms with Crippen molar-refractivity contribution in [3.8, 4) is 17.2 Å². The zero-order chi connectivity index (χ0) is 15.0. The van der Waals surface area contributed by atoms with Gasteiger partial charge in [0, 0.05) is 18.2 Å². The maximum atomic E-state index is 5.29. The van der Waals surface area contributed by atoms with Crippen LogP contribution in [0, 0.1) is 0 Å². The zero-order valence-corrected chi connectivity index (χ0v) is 12.8. The van der Waals surface area contributed by atoms with E-state index in [1.54, 1.807) is 39.7 Å². The van der Waals surface area contributed by atoms with Gasteiger partial charge in [0.2, 0.25) is 0 Å². The molecule has 6 nitrogen and oxygen atoms in total. The summed E-state index contributed by atoms with van der Waals surface area (Å²) in [5.41, 5.74) is 3.46. The van der Waals surface area contributed by atoms with Gasteiger partial charge < -0.3 is 19.5 Å². The summed E-state index contributed by atoms with van der Waals surface area (Å²) in [7, 11) is 4.72. The number of hydrogen-bond donors (Lipinski definition) is 2. The fourth-order valence-corrected chi connectivity index (χ4v) is 1.71. The van der Waals surface area contributed by atoms with E-state index in [1.807, 2.05) is 6.92 Å². The van der Waals surface area contributed by atoms with Crippen molar-refractivity contribution >= 4 is 23.5 Å². The van der Waals surface area contributed by atoms with Gasteiger partial charge in [0.15, 0.2) is 16.6 Å². The lowest BCUT2D eigenvalue weighted by Gasteiger charge is -2.11. The molecule has 0 atom stereocenters. The third kappa shape index (κ3) is 4.27. The number of nitrogens with zero attached hydrogens (tertiary/aromatic N) is 1. The second-order valence-electron chi connectivity index (χ2n) is 3.68. The monoisotopic (exact) mass is 297 g/mol. The predicted octanol–water partition coefficient (Wildman–Crippen LogP) is 1.53. The van der Waals surface area contributed by atoms with Crippen molar-refractivity contribution in [3.63, 3.8) is 0 Å². The normalized spacial score (nSPS) is 10.2. The maximum Gasteiger partial charge on any atom is 0.186 e. The van der Waals surface area contributed by atoms with Crippen molar-refractivity contribution in [1.82, 2.24) is 10.7 Å². The molecule has 1 rings (SSSR count). The maximum absolute atomic E-state index is 5.29. The van der Waals surface area contributed by atoms with Crippen LogP contribution in [0.5, 0.6) is 17.2 Å². The molecule has 2 N–H and O–H groups in total. The lowest BCUT2D eigenvalue weighted by atomic mass is 10.2. The van der Waals surface area contributed by atoms with Crippen LogP contribution in [-0.2, 0) is 0 Å². The lowest BCUT2D eigenvalue weighted by Crippen LogP contribution is -2.31. The average molecular weight is 297 g/mol. The van der Waals surface area contributed by atoms with Crippen LogP contribution in [-0.4, -0.2) is 39.2 Å². The summed E-state index contributed by atoms with van der Waals surface area (Å²) in [6, 6.07) is 3.52. The first-order valence-electron chi connectivity index (χ1n) is 6.03. The SMILES string of the molecule is CCNC(=S)N/N=C/c1cc(OC)c(OC)cc1OC. The third-order valence-corrected chi connectivity index (χ3v) is 2.68. The molecular formula is C13H19N3O3S. The van der Waals surface area contributed by atoms with Crippen LogP contribution < -0.4 is 25.0 Å². The molecule has 0 aliphatic carbocycles. The number of hydrazone groups is 1. The molecule has 1 aromatic rings. The summed E-state index contributed by atoms with van der Waals surface area (Å²) in [6.07, 6.45) is 1.60. The van der Waals surface area contributed by atoms with Gasteiger partial charge in [-0.3, -0.25) is 5.43 Å². The first-order valence-corrected chi connectivity index (χ1v) is 6.44. The summed E-state index contributed by atoms with van der Waals surface area (Å²) in [4.78, 5) is 0. The van der Waals surface area contributed by atoms with Crippen molar-refractivity contribution in [2.45, 2.75) is 6.92 Å². The molecule has 0 bridgehead atoms. The molecule has 0 radical (unpaired) electrons. The number of benzene rings is 1. The molecule has 0 saturated carbocycles. The number of ether oxygens (including phenoxy) is 3. The highest BCUT2D eigenvalue weighted by Crippen LogP contribution is 2.33. The van der Waals surface area contributed by atoms with Crippen LogP contribution >= 0.6 is 12.2 Å². The number of thiocarbonyl (C=S) groups is 1. The van der Waals surface area contributed by atoms with E-state index >= 15 is 0 Å². The van der Waals surface area contributed by atoms with Crippen molar-refractivity contribution in [2.75, 3.05) is 27.9 Å². The Morgan fingerprint density at radius 3 is 2.30 bits per heavy atom. The molecule has 0 saturated heterocycles. The van der Waals surface area contributed by atoms with Crippen LogP contribution in [0.3, 0.4) is 0 Å². The van der Waals surface area contributed by atoms with Gasteiger partial charge in [-0.25, -0.2) is 0 Å². The summed E-state index contributed by atoms with van der Waals surface area (Å²) in [6.45, 7) is 2.69.